The van der Waals surface area contributed by atoms with Gasteiger partial charge in [0.15, 0.2) is 0 Å². The maximum absolute atomic E-state index is 12.9. The van der Waals surface area contributed by atoms with E-state index in [1.165, 1.54) is 0 Å². The second-order valence-corrected chi connectivity index (χ2v) is 3.97. The molecular weight excluding hydrogens is 172 g/mol. The predicted molar refractivity (Wildman–Crippen MR) is 49.9 cm³/mol. The van der Waals surface area contributed by atoms with Crippen molar-refractivity contribution in [3.8, 4) is 0 Å². The summed E-state index contributed by atoms with van der Waals surface area (Å²) >= 11 is 0. The fourth-order valence-corrected chi connectivity index (χ4v) is 2.15. The van der Waals surface area contributed by atoms with Crippen molar-refractivity contribution < 1.29 is 8.78 Å². The molecule has 0 spiro atoms. The van der Waals surface area contributed by atoms with Crippen molar-refractivity contribution in [3.63, 3.8) is 0 Å². The van der Waals surface area contributed by atoms with Crippen LogP contribution in [0.1, 0.15) is 26.2 Å². The van der Waals surface area contributed by atoms with Crippen molar-refractivity contribution in [1.82, 2.24) is 5.32 Å². The van der Waals surface area contributed by atoms with E-state index in [2.05, 4.69) is 11.9 Å². The zero-order chi connectivity index (χ0) is 10.1. The molecule has 1 rings (SSSR count). The molecule has 1 nitrogen and oxygen atoms in total. The van der Waals surface area contributed by atoms with Crippen molar-refractivity contribution >= 4 is 0 Å². The van der Waals surface area contributed by atoms with Crippen LogP contribution >= 0.6 is 0 Å². The number of hydrogen-bond donors (Lipinski definition) is 1. The van der Waals surface area contributed by atoms with E-state index in [0.29, 0.717) is 6.42 Å². The van der Waals surface area contributed by atoms with Gasteiger partial charge in [0, 0.05) is 18.9 Å². The van der Waals surface area contributed by atoms with Gasteiger partial charge in [-0.25, -0.2) is 8.78 Å². The maximum Gasteiger partial charge on any atom is 0.248 e. The molecule has 1 saturated carbocycles. The highest BCUT2D eigenvalue weighted by molar-refractivity contribution is 5.06. The summed E-state index contributed by atoms with van der Waals surface area (Å²) in [5, 5.41) is 3.05. The lowest BCUT2D eigenvalue weighted by atomic mass is 9.93. The Morgan fingerprint density at radius 1 is 1.62 bits per heavy atom. The summed E-state index contributed by atoms with van der Waals surface area (Å²) in [4.78, 5) is 0. The summed E-state index contributed by atoms with van der Waals surface area (Å²) in [5.41, 5.74) is 0.949. The van der Waals surface area contributed by atoms with Gasteiger partial charge in [-0.15, -0.1) is 0 Å². The van der Waals surface area contributed by atoms with E-state index in [9.17, 15) is 8.78 Å². The van der Waals surface area contributed by atoms with Gasteiger partial charge >= 0.3 is 0 Å². The van der Waals surface area contributed by atoms with Crippen LogP contribution < -0.4 is 5.32 Å². The monoisotopic (exact) mass is 189 g/mol. The molecule has 2 atom stereocenters. The van der Waals surface area contributed by atoms with E-state index in [1.807, 2.05) is 6.92 Å². The molecule has 0 aromatic heterocycles. The molecule has 3 heteroatoms. The van der Waals surface area contributed by atoms with Gasteiger partial charge in [-0.3, -0.25) is 0 Å². The zero-order valence-electron chi connectivity index (χ0n) is 8.24. The molecule has 1 fully saturated rings. The van der Waals surface area contributed by atoms with Crippen LogP contribution in [0.3, 0.4) is 0 Å². The minimum Gasteiger partial charge on any atom is -0.313 e. The second kappa shape index (κ2) is 3.74. The number of nitrogens with one attached hydrogen (secondary N) is 1. The molecule has 1 aliphatic rings. The van der Waals surface area contributed by atoms with Crippen LogP contribution in [0.4, 0.5) is 8.78 Å². The van der Waals surface area contributed by atoms with Crippen LogP contribution in [0.25, 0.3) is 0 Å². The van der Waals surface area contributed by atoms with Crippen molar-refractivity contribution in [3.05, 3.63) is 12.2 Å². The van der Waals surface area contributed by atoms with Gasteiger partial charge in [-0.2, -0.15) is 0 Å². The van der Waals surface area contributed by atoms with Crippen LogP contribution in [0, 0.1) is 5.92 Å². The zero-order valence-corrected chi connectivity index (χ0v) is 8.24. The quantitative estimate of drug-likeness (QED) is 0.673. The molecule has 13 heavy (non-hydrogen) atoms. The molecule has 0 aliphatic heterocycles. The molecule has 0 saturated heterocycles. The number of hydrogen-bond acceptors (Lipinski definition) is 1. The lowest BCUT2D eigenvalue weighted by Crippen LogP contribution is -2.33. The summed E-state index contributed by atoms with van der Waals surface area (Å²) in [6, 6.07) is 0.0494. The van der Waals surface area contributed by atoms with Crippen LogP contribution in [-0.4, -0.2) is 19.0 Å². The first kappa shape index (κ1) is 10.6. The minimum atomic E-state index is -2.45. The van der Waals surface area contributed by atoms with Crippen LogP contribution in [0.5, 0.6) is 0 Å². The third-order valence-corrected chi connectivity index (χ3v) is 2.76. The van der Waals surface area contributed by atoms with Crippen molar-refractivity contribution in [1.29, 1.82) is 0 Å². The molecule has 0 amide bonds. The van der Waals surface area contributed by atoms with Gasteiger partial charge in [-0.05, 0) is 26.3 Å². The molecule has 0 heterocycles. The van der Waals surface area contributed by atoms with E-state index in [4.69, 9.17) is 0 Å². The predicted octanol–water partition coefficient (Wildman–Crippen LogP) is 2.59. The van der Waals surface area contributed by atoms with Gasteiger partial charge in [0.1, 0.15) is 0 Å². The van der Waals surface area contributed by atoms with E-state index in [1.54, 1.807) is 7.05 Å². The molecule has 0 aromatic carbocycles. The second-order valence-electron chi connectivity index (χ2n) is 3.97. The van der Waals surface area contributed by atoms with Gasteiger partial charge in [0.25, 0.3) is 0 Å². The molecule has 1 N–H and O–H groups in total. The molecule has 0 aromatic rings. The first-order valence-electron chi connectivity index (χ1n) is 4.67. The third-order valence-electron chi connectivity index (χ3n) is 2.76. The average Bonchev–Trinajstić information content (AvgIpc) is 2.31. The Morgan fingerprint density at radius 2 is 2.23 bits per heavy atom. The Kier molecular flexibility index (Phi) is 3.06. The average molecular weight is 189 g/mol. The Bertz CT molecular complexity index is 201. The minimum absolute atomic E-state index is 0.00532. The molecule has 0 bridgehead atoms. The number of alkyl halides is 2. The summed E-state index contributed by atoms with van der Waals surface area (Å²) in [6.07, 6.45) is 0.639. The smallest absolute Gasteiger partial charge is 0.248 e. The molecule has 2 unspecified atom stereocenters. The molecular formula is C10H17F2N. The van der Waals surface area contributed by atoms with E-state index in [-0.39, 0.29) is 24.8 Å². The van der Waals surface area contributed by atoms with Crippen LogP contribution in [-0.2, 0) is 0 Å². The normalized spacial score (nSPS) is 28.8. The summed E-state index contributed by atoms with van der Waals surface area (Å²) in [6.45, 7) is 5.70. The topological polar surface area (TPSA) is 12.0 Å². The highest BCUT2D eigenvalue weighted by Crippen LogP contribution is 2.41. The van der Waals surface area contributed by atoms with Gasteiger partial charge in [0.05, 0.1) is 0 Å². The number of likely N-dealkylation sites (N-methyl/N-ethyl adjacent to an activating group) is 1. The summed E-state index contributed by atoms with van der Waals surface area (Å²) in [5.74, 6) is -2.40. The highest BCUT2D eigenvalue weighted by atomic mass is 19.3. The van der Waals surface area contributed by atoms with E-state index < -0.39 is 5.92 Å². The van der Waals surface area contributed by atoms with Gasteiger partial charge < -0.3 is 5.32 Å². The Labute approximate surface area is 78.2 Å². The lowest BCUT2D eigenvalue weighted by molar-refractivity contribution is 0.00403. The van der Waals surface area contributed by atoms with Crippen LogP contribution in [0.2, 0.25) is 0 Å². The first-order valence-corrected chi connectivity index (χ1v) is 4.67. The maximum atomic E-state index is 12.9. The first-order chi connectivity index (χ1) is 5.96. The highest BCUT2D eigenvalue weighted by Gasteiger charge is 2.42. The van der Waals surface area contributed by atoms with Crippen molar-refractivity contribution in [2.45, 2.75) is 38.2 Å². The van der Waals surface area contributed by atoms with Crippen molar-refractivity contribution in [2.24, 2.45) is 5.92 Å². The number of halogens is 2. The van der Waals surface area contributed by atoms with Crippen LogP contribution in [0.15, 0.2) is 12.2 Å². The van der Waals surface area contributed by atoms with Gasteiger partial charge in [0.2, 0.25) is 5.92 Å². The van der Waals surface area contributed by atoms with E-state index in [0.717, 1.165) is 5.57 Å². The Hall–Kier alpha value is -0.440. The standard InChI is InChI=1S/C10H17F2N/c1-7(2)9(13-3)8-4-5-10(11,12)6-8/h8-9,13H,1,4-6H2,2-3H3. The largest absolute Gasteiger partial charge is 0.313 e. The SMILES string of the molecule is C=C(C)C(NC)C1CCC(F)(F)C1. The Balaban J connectivity index is 2.58. The third kappa shape index (κ3) is 2.50. The fraction of sp³-hybridized carbons (Fsp3) is 0.800. The van der Waals surface area contributed by atoms with Gasteiger partial charge in [-0.1, -0.05) is 12.2 Å². The van der Waals surface area contributed by atoms with Crippen molar-refractivity contribution in [2.75, 3.05) is 7.05 Å². The molecule has 0 radical (unpaired) electrons. The number of rotatable bonds is 3. The summed E-state index contributed by atoms with van der Waals surface area (Å²) in [7, 11) is 1.80. The fourth-order valence-electron chi connectivity index (χ4n) is 2.15. The lowest BCUT2D eigenvalue weighted by Gasteiger charge is -2.23. The molecule has 76 valence electrons. The Morgan fingerprint density at radius 3 is 2.54 bits per heavy atom. The molecule has 1 aliphatic carbocycles. The van der Waals surface area contributed by atoms with E-state index >= 15 is 0 Å². The summed E-state index contributed by atoms with van der Waals surface area (Å²) < 4.78 is 25.8.